The van der Waals surface area contributed by atoms with Crippen molar-refractivity contribution in [3.8, 4) is 0 Å². The third-order valence-corrected chi connectivity index (χ3v) is 6.15. The topological polar surface area (TPSA) is 53.6 Å². The number of carbonyl (C=O) groups excluding carboxylic acids is 1. The lowest BCUT2D eigenvalue weighted by molar-refractivity contribution is -0.0287. The van der Waals surface area contributed by atoms with Crippen LogP contribution in [0.25, 0.3) is 0 Å². The van der Waals surface area contributed by atoms with Crippen LogP contribution in [0.2, 0.25) is 10.0 Å². The van der Waals surface area contributed by atoms with E-state index in [1.165, 1.54) is 4.90 Å². The van der Waals surface area contributed by atoms with E-state index in [9.17, 15) is 4.79 Å². The number of morpholine rings is 1. The zero-order valence-corrected chi connectivity index (χ0v) is 18.6. The predicted molar refractivity (Wildman–Crippen MR) is 120 cm³/mol. The summed E-state index contributed by atoms with van der Waals surface area (Å²) >= 11 is 13.8. The lowest BCUT2D eigenvalue weighted by Crippen LogP contribution is -2.48. The van der Waals surface area contributed by atoms with Crippen molar-refractivity contribution in [1.82, 2.24) is 15.5 Å². The molecule has 156 valence electrons. The Morgan fingerprint density at radius 1 is 1.17 bits per heavy atom. The summed E-state index contributed by atoms with van der Waals surface area (Å²) in [6.07, 6.45) is 1.99. The highest BCUT2D eigenvalue weighted by Gasteiger charge is 2.21. The Morgan fingerprint density at radius 3 is 2.83 bits per heavy atom. The van der Waals surface area contributed by atoms with Crippen LogP contribution in [0.3, 0.4) is 0 Å². The molecule has 0 saturated carbocycles. The minimum Gasteiger partial charge on any atom is -0.374 e. The van der Waals surface area contributed by atoms with Crippen LogP contribution in [0.15, 0.2) is 47.4 Å². The number of nitrogens with zero attached hydrogens (tertiary/aromatic N) is 1. The summed E-state index contributed by atoms with van der Waals surface area (Å²) < 4.78 is 5.80. The molecule has 1 saturated heterocycles. The summed E-state index contributed by atoms with van der Waals surface area (Å²) in [7, 11) is 0. The summed E-state index contributed by atoms with van der Waals surface area (Å²) in [5.74, 6) is 0. The molecule has 1 aliphatic rings. The van der Waals surface area contributed by atoms with Crippen molar-refractivity contribution in [3.05, 3.63) is 63.6 Å². The van der Waals surface area contributed by atoms with Crippen LogP contribution in [0, 0.1) is 0 Å². The normalized spacial score (nSPS) is 17.1. The third kappa shape index (κ3) is 7.08. The summed E-state index contributed by atoms with van der Waals surface area (Å²) in [4.78, 5) is 15.6. The van der Waals surface area contributed by atoms with E-state index in [4.69, 9.17) is 27.9 Å². The van der Waals surface area contributed by atoms with E-state index >= 15 is 0 Å². The van der Waals surface area contributed by atoms with Gasteiger partial charge < -0.3 is 15.4 Å². The number of rotatable bonds is 7. The Bertz CT molecular complexity index is 837. The lowest BCUT2D eigenvalue weighted by atomic mass is 10.2. The third-order valence-electron chi connectivity index (χ3n) is 4.69. The molecule has 1 atom stereocenters. The van der Waals surface area contributed by atoms with Gasteiger partial charge in [0.25, 0.3) is 0 Å². The number of ether oxygens (including phenoxy) is 1. The van der Waals surface area contributed by atoms with Gasteiger partial charge in [0.2, 0.25) is 0 Å². The van der Waals surface area contributed by atoms with Crippen molar-refractivity contribution in [2.45, 2.75) is 24.1 Å². The largest absolute Gasteiger partial charge is 0.374 e. The summed E-state index contributed by atoms with van der Waals surface area (Å²) in [6, 6.07) is 13.6. The molecule has 1 fully saturated rings. The first-order chi connectivity index (χ1) is 14.0. The van der Waals surface area contributed by atoms with Crippen LogP contribution in [0.4, 0.5) is 4.79 Å². The van der Waals surface area contributed by atoms with Gasteiger partial charge in [-0.15, -0.1) is 11.8 Å². The molecule has 0 bridgehead atoms. The van der Waals surface area contributed by atoms with Crippen molar-refractivity contribution < 1.29 is 9.53 Å². The van der Waals surface area contributed by atoms with Gasteiger partial charge >= 0.3 is 6.03 Å². The Hall–Kier alpha value is -1.44. The SMILES string of the molecule is CSc1cccc(CNC(=O)NCC2CN(Cc3ccc(Cl)c(Cl)c3)CCO2)c1. The molecular formula is C21H25Cl2N3O2S. The number of halogens is 2. The zero-order valence-electron chi connectivity index (χ0n) is 16.3. The van der Waals surface area contributed by atoms with Gasteiger partial charge in [-0.1, -0.05) is 41.4 Å². The van der Waals surface area contributed by atoms with E-state index in [1.54, 1.807) is 11.8 Å². The van der Waals surface area contributed by atoms with Gasteiger partial charge in [-0.2, -0.15) is 0 Å². The van der Waals surface area contributed by atoms with Crippen molar-refractivity contribution >= 4 is 41.0 Å². The first-order valence-corrected chi connectivity index (χ1v) is 11.4. The van der Waals surface area contributed by atoms with Crippen molar-refractivity contribution in [3.63, 3.8) is 0 Å². The molecule has 1 unspecified atom stereocenters. The number of urea groups is 1. The van der Waals surface area contributed by atoms with E-state index in [2.05, 4.69) is 27.7 Å². The second-order valence-electron chi connectivity index (χ2n) is 6.89. The fourth-order valence-electron chi connectivity index (χ4n) is 3.18. The molecule has 29 heavy (non-hydrogen) atoms. The van der Waals surface area contributed by atoms with Gasteiger partial charge in [-0.3, -0.25) is 4.90 Å². The van der Waals surface area contributed by atoms with Gasteiger partial charge in [0, 0.05) is 37.6 Å². The number of thioether (sulfide) groups is 1. The van der Waals surface area contributed by atoms with Crippen molar-refractivity contribution in [1.29, 1.82) is 0 Å². The molecule has 0 spiro atoms. The van der Waals surface area contributed by atoms with E-state index in [-0.39, 0.29) is 12.1 Å². The maximum atomic E-state index is 12.1. The minimum absolute atomic E-state index is 0.0444. The summed E-state index contributed by atoms with van der Waals surface area (Å²) in [5.41, 5.74) is 2.19. The molecule has 1 heterocycles. The smallest absolute Gasteiger partial charge is 0.315 e. The fraction of sp³-hybridized carbons (Fsp3) is 0.381. The van der Waals surface area contributed by atoms with E-state index in [1.807, 2.05) is 36.6 Å². The zero-order chi connectivity index (χ0) is 20.6. The van der Waals surface area contributed by atoms with Crippen LogP contribution in [0.1, 0.15) is 11.1 Å². The quantitative estimate of drug-likeness (QED) is 0.609. The maximum Gasteiger partial charge on any atom is 0.315 e. The van der Waals surface area contributed by atoms with Gasteiger partial charge in [0.1, 0.15) is 0 Å². The van der Waals surface area contributed by atoms with Crippen LogP contribution >= 0.6 is 35.0 Å². The Labute approximate surface area is 186 Å². The molecule has 1 aliphatic heterocycles. The molecule has 3 rings (SSSR count). The van der Waals surface area contributed by atoms with Gasteiger partial charge in [0.15, 0.2) is 0 Å². The summed E-state index contributed by atoms with van der Waals surface area (Å²) in [5, 5.41) is 6.93. The first kappa shape index (κ1) is 22.2. The monoisotopic (exact) mass is 453 g/mol. The molecular weight excluding hydrogens is 429 g/mol. The molecule has 2 amide bonds. The number of nitrogens with one attached hydrogen (secondary N) is 2. The standard InChI is InChI=1S/C21H25Cl2N3O2S/c1-29-18-4-2-3-15(9-18)11-24-21(27)25-12-17-14-26(7-8-28-17)13-16-5-6-19(22)20(23)10-16/h2-6,9-10,17H,7-8,11-14H2,1H3,(H2,24,25,27). The van der Waals surface area contributed by atoms with Crippen molar-refractivity contribution in [2.24, 2.45) is 0 Å². The molecule has 2 aromatic rings. The number of carbonyl (C=O) groups is 1. The van der Waals surface area contributed by atoms with Crippen LogP contribution in [0.5, 0.6) is 0 Å². The highest BCUT2D eigenvalue weighted by Crippen LogP contribution is 2.23. The Morgan fingerprint density at radius 2 is 2.03 bits per heavy atom. The van der Waals surface area contributed by atoms with Gasteiger partial charge in [-0.05, 0) is 41.6 Å². The van der Waals surface area contributed by atoms with E-state index < -0.39 is 0 Å². The Kier molecular flexibility index (Phi) is 8.51. The lowest BCUT2D eigenvalue weighted by Gasteiger charge is -2.33. The maximum absolute atomic E-state index is 12.1. The molecule has 2 aromatic carbocycles. The average Bonchev–Trinajstić information content (AvgIpc) is 2.74. The Balaban J connectivity index is 1.41. The fourth-order valence-corrected chi connectivity index (χ4v) is 3.98. The first-order valence-electron chi connectivity index (χ1n) is 9.46. The molecule has 5 nitrogen and oxygen atoms in total. The number of amides is 2. The second kappa shape index (κ2) is 11.1. The van der Waals surface area contributed by atoms with Crippen LogP contribution in [-0.2, 0) is 17.8 Å². The summed E-state index contributed by atoms with van der Waals surface area (Å²) in [6.45, 7) is 3.96. The molecule has 0 aromatic heterocycles. The highest BCUT2D eigenvalue weighted by molar-refractivity contribution is 7.98. The van der Waals surface area contributed by atoms with Crippen LogP contribution in [-0.4, -0.2) is 49.5 Å². The molecule has 0 radical (unpaired) electrons. The van der Waals surface area contributed by atoms with Gasteiger partial charge in [0.05, 0.1) is 22.8 Å². The number of benzene rings is 2. The molecule has 8 heteroatoms. The predicted octanol–water partition coefficient (Wildman–Crippen LogP) is 4.42. The average molecular weight is 454 g/mol. The van der Waals surface area contributed by atoms with Crippen LogP contribution < -0.4 is 10.6 Å². The molecule has 2 N–H and O–H groups in total. The van der Waals surface area contributed by atoms with E-state index in [0.717, 1.165) is 30.8 Å². The molecule has 0 aliphatic carbocycles. The minimum atomic E-state index is -0.190. The number of hydrogen-bond acceptors (Lipinski definition) is 4. The van der Waals surface area contributed by atoms with E-state index in [0.29, 0.717) is 29.7 Å². The number of hydrogen-bond donors (Lipinski definition) is 2. The second-order valence-corrected chi connectivity index (χ2v) is 8.59. The van der Waals surface area contributed by atoms with Gasteiger partial charge in [-0.25, -0.2) is 4.79 Å². The highest BCUT2D eigenvalue weighted by atomic mass is 35.5. The van der Waals surface area contributed by atoms with Crippen molar-refractivity contribution in [2.75, 3.05) is 32.5 Å².